The first kappa shape index (κ1) is 25.2. The van der Waals surface area contributed by atoms with Crippen molar-refractivity contribution < 1.29 is 49.0 Å². The van der Waals surface area contributed by atoms with E-state index >= 15 is 0 Å². The smallest absolute Gasteiger partial charge is 0.543 e. The number of aromatic nitrogens is 2. The van der Waals surface area contributed by atoms with Gasteiger partial charge in [0.2, 0.25) is 5.91 Å². The summed E-state index contributed by atoms with van der Waals surface area (Å²) in [4.78, 5) is 38.3. The fourth-order valence-electron chi connectivity index (χ4n) is 3.32. The van der Waals surface area contributed by atoms with E-state index in [1.165, 1.54) is 39.8 Å². The first-order chi connectivity index (χ1) is 14.9. The predicted octanol–water partition coefficient (Wildman–Crippen LogP) is -2.95. The van der Waals surface area contributed by atoms with E-state index in [2.05, 4.69) is 15.5 Å². The molecular weight excluding hydrogens is 481 g/mol. The van der Waals surface area contributed by atoms with Crippen LogP contribution >= 0.6 is 34.9 Å². The van der Waals surface area contributed by atoms with E-state index in [0.717, 1.165) is 9.35 Å². The van der Waals surface area contributed by atoms with Gasteiger partial charge in [0.25, 0.3) is 5.91 Å². The van der Waals surface area contributed by atoms with Crippen LogP contribution in [0.25, 0.3) is 0 Å². The van der Waals surface area contributed by atoms with E-state index in [9.17, 15) is 19.5 Å². The van der Waals surface area contributed by atoms with Crippen molar-refractivity contribution in [3.05, 3.63) is 52.2 Å². The zero-order valence-corrected chi connectivity index (χ0v) is 21.8. The summed E-state index contributed by atoms with van der Waals surface area (Å²) in [6.07, 6.45) is 0. The fraction of sp³-hybridized carbons (Fsp3) is 0.316. The number of hydrogen-bond acceptors (Lipinski definition) is 10. The average molecular weight is 500 g/mol. The first-order valence-electron chi connectivity index (χ1n) is 9.28. The van der Waals surface area contributed by atoms with Gasteiger partial charge in [0, 0.05) is 11.5 Å². The van der Waals surface area contributed by atoms with Crippen molar-refractivity contribution in [1.82, 2.24) is 20.4 Å². The molecule has 2 aromatic rings. The van der Waals surface area contributed by atoms with Gasteiger partial charge >= 0.3 is 29.6 Å². The van der Waals surface area contributed by atoms with Crippen LogP contribution in [-0.2, 0) is 14.4 Å². The normalized spacial score (nSPS) is 20.7. The van der Waals surface area contributed by atoms with E-state index in [1.807, 2.05) is 13.0 Å². The van der Waals surface area contributed by atoms with Crippen LogP contribution in [0.5, 0.6) is 0 Å². The molecule has 1 unspecified atom stereocenters. The summed E-state index contributed by atoms with van der Waals surface area (Å²) in [5, 5.41) is 22.8. The molecule has 13 heteroatoms. The van der Waals surface area contributed by atoms with Crippen molar-refractivity contribution >= 4 is 52.6 Å². The molecule has 3 N–H and O–H groups in total. The molecule has 0 bridgehead atoms. The van der Waals surface area contributed by atoms with Gasteiger partial charge in [-0.3, -0.25) is 14.5 Å². The number of nitrogens with one attached hydrogen (secondary N) is 1. The molecule has 1 fully saturated rings. The van der Waals surface area contributed by atoms with Crippen molar-refractivity contribution in [1.29, 1.82) is 0 Å². The minimum atomic E-state index is -1.41. The number of nitrogens with zero attached hydrogens (tertiary/aromatic N) is 3. The van der Waals surface area contributed by atoms with Crippen LogP contribution in [0.2, 0.25) is 0 Å². The van der Waals surface area contributed by atoms with Crippen molar-refractivity contribution in [3.8, 4) is 0 Å². The maximum atomic E-state index is 12.7. The molecule has 0 spiro atoms. The van der Waals surface area contributed by atoms with Gasteiger partial charge in [0.15, 0.2) is 4.34 Å². The number of carbonyl (C=O) groups excluding carboxylic acids is 3. The van der Waals surface area contributed by atoms with E-state index in [1.54, 1.807) is 24.3 Å². The Labute approximate surface area is 218 Å². The summed E-state index contributed by atoms with van der Waals surface area (Å²) in [6, 6.07) is 7.07. The summed E-state index contributed by atoms with van der Waals surface area (Å²) in [5.74, 6) is -1.62. The molecule has 3 heterocycles. The Bertz CT molecular complexity index is 1060. The molecule has 4 rings (SSSR count). The summed E-state index contributed by atoms with van der Waals surface area (Å²) >= 11 is 4.19. The third-order valence-corrected chi connectivity index (χ3v) is 8.25. The van der Waals surface area contributed by atoms with E-state index in [-0.39, 0.29) is 35.3 Å². The number of benzene rings is 1. The van der Waals surface area contributed by atoms with Gasteiger partial charge in [-0.2, -0.15) is 0 Å². The molecule has 0 radical (unpaired) electrons. The van der Waals surface area contributed by atoms with E-state index < -0.39 is 35.2 Å². The molecule has 2 amide bonds. The second-order valence-corrected chi connectivity index (χ2v) is 10.4. The second kappa shape index (κ2) is 10.7. The van der Waals surface area contributed by atoms with Gasteiger partial charge in [-0.15, -0.1) is 22.0 Å². The zero-order valence-electron chi connectivity index (χ0n) is 17.3. The molecule has 32 heavy (non-hydrogen) atoms. The molecular formula is C19H18N5NaO4S3. The second-order valence-electron chi connectivity index (χ2n) is 6.90. The number of thioether (sulfide) groups is 2. The van der Waals surface area contributed by atoms with Crippen molar-refractivity contribution in [2.45, 2.75) is 28.7 Å². The molecule has 9 nitrogen and oxygen atoms in total. The van der Waals surface area contributed by atoms with Crippen molar-refractivity contribution in [2.24, 2.45) is 5.73 Å². The van der Waals surface area contributed by atoms with Crippen molar-refractivity contribution in [2.75, 3.05) is 11.5 Å². The number of fused-ring (bicyclic) bond motifs is 1. The number of nitrogens with two attached hydrogens (primary N) is 1. The number of aryl methyl sites for hydroxylation is 1. The summed E-state index contributed by atoms with van der Waals surface area (Å²) in [7, 11) is 0. The molecule has 2 aliphatic heterocycles. The van der Waals surface area contributed by atoms with Crippen LogP contribution in [0.1, 0.15) is 16.6 Å². The number of β-lactam (4-membered cyclic amide) rings is 1. The Hall–Kier alpha value is -1.41. The molecule has 3 atom stereocenters. The Morgan fingerprint density at radius 3 is 2.69 bits per heavy atom. The van der Waals surface area contributed by atoms with Crippen LogP contribution in [0.4, 0.5) is 0 Å². The summed E-state index contributed by atoms with van der Waals surface area (Å²) in [5.41, 5.74) is 7.09. The molecule has 0 aliphatic carbocycles. The quantitative estimate of drug-likeness (QED) is 0.232. The Morgan fingerprint density at radius 2 is 2.06 bits per heavy atom. The number of carbonyl (C=O) groups is 3. The number of carboxylic acids is 1. The van der Waals surface area contributed by atoms with Crippen LogP contribution in [0, 0.1) is 6.92 Å². The largest absolute Gasteiger partial charge is 1.00 e. The van der Waals surface area contributed by atoms with Gasteiger partial charge in [-0.25, -0.2) is 0 Å². The SMILES string of the molecule is Cc1nnc(SCC2=C(C(=O)[O-])N3C(=O)C(NC(=O)[C@H](N)c4ccccc4)[C@H]3SC2)s1.[Na+]. The van der Waals surface area contributed by atoms with Crippen LogP contribution in [-0.4, -0.2) is 55.8 Å². The number of aliphatic carboxylic acids is 1. The van der Waals surface area contributed by atoms with E-state index in [0.29, 0.717) is 22.6 Å². The molecule has 1 saturated heterocycles. The van der Waals surface area contributed by atoms with Crippen molar-refractivity contribution in [3.63, 3.8) is 0 Å². The topological polar surface area (TPSA) is 141 Å². The Morgan fingerprint density at radius 1 is 1.34 bits per heavy atom. The monoisotopic (exact) mass is 499 g/mol. The Kier molecular flexibility index (Phi) is 8.42. The maximum absolute atomic E-state index is 12.7. The van der Waals surface area contributed by atoms with Gasteiger partial charge in [-0.1, -0.05) is 53.4 Å². The molecule has 1 aromatic carbocycles. The standard InChI is InChI=1S/C19H19N5O4S3.Na/c1-9-22-23-19(31-9)30-8-11-7-29-17-13(16(26)24(17)14(11)18(27)28)21-15(25)12(20)10-5-3-2-4-6-10;/h2-6,12-13,17H,7-8,20H2,1H3,(H,21,25)(H,27,28);/q;+1/p-1/t12-,13?,17-;/m1./s1. The van der Waals surface area contributed by atoms with Gasteiger partial charge in [0.1, 0.15) is 22.5 Å². The average Bonchev–Trinajstić information content (AvgIpc) is 3.20. The number of hydrogen-bond donors (Lipinski definition) is 2. The van der Waals surface area contributed by atoms with Gasteiger partial charge < -0.3 is 21.0 Å². The minimum absolute atomic E-state index is 0. The molecule has 1 aromatic heterocycles. The first-order valence-corrected chi connectivity index (χ1v) is 12.1. The Balaban J connectivity index is 0.00000289. The summed E-state index contributed by atoms with van der Waals surface area (Å²) in [6.45, 7) is 1.84. The number of carboxylic acid groups (broad SMARTS) is 1. The third kappa shape index (κ3) is 5.06. The van der Waals surface area contributed by atoms with Crippen LogP contribution < -0.4 is 45.7 Å². The van der Waals surface area contributed by atoms with Gasteiger partial charge in [-0.05, 0) is 18.1 Å². The fourth-order valence-corrected chi connectivity index (χ4v) is 6.62. The van der Waals surface area contributed by atoms with E-state index in [4.69, 9.17) is 5.73 Å². The number of rotatable bonds is 7. The summed E-state index contributed by atoms with van der Waals surface area (Å²) < 4.78 is 0.727. The molecule has 162 valence electrons. The van der Waals surface area contributed by atoms with Gasteiger partial charge in [0.05, 0.1) is 11.7 Å². The minimum Gasteiger partial charge on any atom is -0.543 e. The third-order valence-electron chi connectivity index (χ3n) is 4.86. The zero-order chi connectivity index (χ0) is 22.1. The van der Waals surface area contributed by atoms with Crippen LogP contribution in [0.3, 0.4) is 0 Å². The predicted molar refractivity (Wildman–Crippen MR) is 116 cm³/mol. The van der Waals surface area contributed by atoms with Crippen LogP contribution in [0.15, 0.2) is 45.9 Å². The number of amides is 2. The molecule has 2 aliphatic rings. The maximum Gasteiger partial charge on any atom is 1.00 e. The molecule has 0 saturated carbocycles.